The summed E-state index contributed by atoms with van der Waals surface area (Å²) >= 11 is 0. The summed E-state index contributed by atoms with van der Waals surface area (Å²) in [5.41, 5.74) is 9.06. The van der Waals surface area contributed by atoms with Gasteiger partial charge in [0.15, 0.2) is 0 Å². The minimum absolute atomic E-state index is 0.619. The van der Waals surface area contributed by atoms with Crippen LogP contribution < -0.4 is 5.73 Å². The molecule has 0 radical (unpaired) electrons. The summed E-state index contributed by atoms with van der Waals surface area (Å²) in [7, 11) is 0. The average Bonchev–Trinajstić information content (AvgIpc) is 2.46. The second-order valence-electron chi connectivity index (χ2n) is 4.57. The Labute approximate surface area is 111 Å². The lowest BCUT2D eigenvalue weighted by Gasteiger charge is -2.16. The molecule has 1 aromatic heterocycles. The topological polar surface area (TPSA) is 59.1 Å². The zero-order chi connectivity index (χ0) is 13.8. The van der Waals surface area contributed by atoms with E-state index in [2.05, 4.69) is 4.98 Å². The van der Waals surface area contributed by atoms with E-state index in [9.17, 15) is 9.50 Å². The molecule has 0 saturated carbocycles. The standard InChI is InChI=1S/C15H17FN2O/c1-10-2-3-13(9-18-10)11-4-6-12(7-5-11)15(19)14(17)8-16/h2-7,9,14-15,19H,8,17H2,1H3/t14-,15-/m1/s1. The van der Waals surface area contributed by atoms with Crippen molar-refractivity contribution in [3.05, 3.63) is 53.9 Å². The Bertz CT molecular complexity index is 525. The van der Waals surface area contributed by atoms with Gasteiger partial charge in [-0.2, -0.15) is 0 Å². The monoisotopic (exact) mass is 260 g/mol. The van der Waals surface area contributed by atoms with Crippen LogP contribution in [0.5, 0.6) is 0 Å². The molecule has 0 unspecified atom stereocenters. The number of nitrogens with two attached hydrogens (primary N) is 1. The van der Waals surface area contributed by atoms with E-state index in [4.69, 9.17) is 5.73 Å². The number of rotatable bonds is 4. The molecular formula is C15H17FN2O. The summed E-state index contributed by atoms with van der Waals surface area (Å²) in [5, 5.41) is 9.81. The zero-order valence-corrected chi connectivity index (χ0v) is 10.8. The highest BCUT2D eigenvalue weighted by molar-refractivity contribution is 5.62. The maximum absolute atomic E-state index is 12.4. The fourth-order valence-electron chi connectivity index (χ4n) is 1.84. The largest absolute Gasteiger partial charge is 0.387 e. The predicted molar refractivity (Wildman–Crippen MR) is 73.3 cm³/mol. The molecule has 2 aromatic rings. The SMILES string of the molecule is Cc1ccc(-c2ccc([C@@H](O)[C@H](N)CF)cc2)cn1. The van der Waals surface area contributed by atoms with Crippen molar-refractivity contribution in [3.8, 4) is 11.1 Å². The van der Waals surface area contributed by atoms with Gasteiger partial charge in [0.2, 0.25) is 0 Å². The molecule has 2 rings (SSSR count). The van der Waals surface area contributed by atoms with E-state index in [1.807, 2.05) is 31.2 Å². The lowest BCUT2D eigenvalue weighted by molar-refractivity contribution is 0.132. The normalized spacial score (nSPS) is 14.1. The van der Waals surface area contributed by atoms with Gasteiger partial charge in [-0.15, -0.1) is 0 Å². The van der Waals surface area contributed by atoms with Gasteiger partial charge < -0.3 is 10.8 Å². The first kappa shape index (κ1) is 13.6. The van der Waals surface area contributed by atoms with Crippen LogP contribution in [0.3, 0.4) is 0 Å². The summed E-state index contributed by atoms with van der Waals surface area (Å²) in [6.45, 7) is 1.19. The van der Waals surface area contributed by atoms with Crippen LogP contribution in [-0.4, -0.2) is 22.8 Å². The molecule has 3 nitrogen and oxygen atoms in total. The van der Waals surface area contributed by atoms with Gasteiger partial charge in [0.25, 0.3) is 0 Å². The summed E-state index contributed by atoms with van der Waals surface area (Å²) < 4.78 is 12.4. The highest BCUT2D eigenvalue weighted by Crippen LogP contribution is 2.22. The average molecular weight is 260 g/mol. The quantitative estimate of drug-likeness (QED) is 0.887. The van der Waals surface area contributed by atoms with Gasteiger partial charge in [-0.3, -0.25) is 4.98 Å². The lowest BCUT2D eigenvalue weighted by atomic mass is 10.00. The Morgan fingerprint density at radius 2 is 1.79 bits per heavy atom. The van der Waals surface area contributed by atoms with Crippen molar-refractivity contribution >= 4 is 0 Å². The van der Waals surface area contributed by atoms with Crippen LogP contribution in [0.1, 0.15) is 17.4 Å². The third-order valence-corrected chi connectivity index (χ3v) is 3.08. The molecular weight excluding hydrogens is 243 g/mol. The number of pyridine rings is 1. The molecule has 1 heterocycles. The maximum Gasteiger partial charge on any atom is 0.107 e. The third kappa shape index (κ3) is 3.16. The number of hydrogen-bond donors (Lipinski definition) is 2. The van der Waals surface area contributed by atoms with E-state index < -0.39 is 18.8 Å². The molecule has 0 aliphatic heterocycles. The second-order valence-corrected chi connectivity index (χ2v) is 4.57. The lowest BCUT2D eigenvalue weighted by Crippen LogP contribution is -2.30. The van der Waals surface area contributed by atoms with E-state index in [1.165, 1.54) is 0 Å². The van der Waals surface area contributed by atoms with Gasteiger partial charge in [-0.1, -0.05) is 30.3 Å². The van der Waals surface area contributed by atoms with Crippen molar-refractivity contribution in [2.24, 2.45) is 5.73 Å². The van der Waals surface area contributed by atoms with Gasteiger partial charge in [0, 0.05) is 17.5 Å². The van der Waals surface area contributed by atoms with Gasteiger partial charge in [0.1, 0.15) is 6.67 Å². The van der Waals surface area contributed by atoms with Gasteiger partial charge >= 0.3 is 0 Å². The van der Waals surface area contributed by atoms with Crippen molar-refractivity contribution in [1.82, 2.24) is 4.98 Å². The van der Waals surface area contributed by atoms with Crippen LogP contribution in [0.2, 0.25) is 0 Å². The number of aryl methyl sites for hydroxylation is 1. The van der Waals surface area contributed by atoms with E-state index in [0.717, 1.165) is 16.8 Å². The molecule has 2 atom stereocenters. The first-order valence-electron chi connectivity index (χ1n) is 6.14. The first-order valence-corrected chi connectivity index (χ1v) is 6.14. The maximum atomic E-state index is 12.4. The number of benzene rings is 1. The highest BCUT2D eigenvalue weighted by Gasteiger charge is 2.16. The van der Waals surface area contributed by atoms with Gasteiger partial charge in [0.05, 0.1) is 12.1 Å². The van der Waals surface area contributed by atoms with Crippen LogP contribution >= 0.6 is 0 Å². The predicted octanol–water partition coefficient (Wildman–Crippen LogP) is 2.39. The van der Waals surface area contributed by atoms with E-state index in [1.54, 1.807) is 18.3 Å². The van der Waals surface area contributed by atoms with Crippen LogP contribution in [-0.2, 0) is 0 Å². The van der Waals surface area contributed by atoms with Crippen LogP contribution in [0.4, 0.5) is 4.39 Å². The molecule has 0 aliphatic carbocycles. The molecule has 0 spiro atoms. The number of hydrogen-bond acceptors (Lipinski definition) is 3. The number of aliphatic hydroxyl groups is 1. The number of nitrogens with zero attached hydrogens (tertiary/aromatic N) is 1. The highest BCUT2D eigenvalue weighted by atomic mass is 19.1. The second kappa shape index (κ2) is 5.91. The number of alkyl halides is 1. The summed E-state index contributed by atoms with van der Waals surface area (Å²) in [6.07, 6.45) is 0.823. The fraction of sp³-hybridized carbons (Fsp3) is 0.267. The molecule has 0 amide bonds. The van der Waals surface area contributed by atoms with E-state index in [0.29, 0.717) is 5.56 Å². The number of aliphatic hydroxyl groups excluding tert-OH is 1. The smallest absolute Gasteiger partial charge is 0.107 e. The van der Waals surface area contributed by atoms with Crippen molar-refractivity contribution < 1.29 is 9.50 Å². The van der Waals surface area contributed by atoms with Gasteiger partial charge in [-0.05, 0) is 24.1 Å². The number of aromatic nitrogens is 1. The molecule has 1 aromatic carbocycles. The van der Waals surface area contributed by atoms with Crippen molar-refractivity contribution in [2.45, 2.75) is 19.1 Å². The molecule has 4 heteroatoms. The van der Waals surface area contributed by atoms with Crippen molar-refractivity contribution in [2.75, 3.05) is 6.67 Å². The number of halogens is 1. The molecule has 0 fully saturated rings. The Kier molecular flexibility index (Phi) is 4.24. The van der Waals surface area contributed by atoms with Crippen LogP contribution in [0, 0.1) is 6.92 Å². The van der Waals surface area contributed by atoms with E-state index >= 15 is 0 Å². The molecule has 19 heavy (non-hydrogen) atoms. The third-order valence-electron chi connectivity index (χ3n) is 3.08. The Morgan fingerprint density at radius 3 is 2.32 bits per heavy atom. The molecule has 0 aliphatic rings. The molecule has 100 valence electrons. The van der Waals surface area contributed by atoms with Crippen LogP contribution in [0.15, 0.2) is 42.6 Å². The summed E-state index contributed by atoms with van der Waals surface area (Å²) in [6, 6.07) is 10.3. The Hall–Kier alpha value is -1.78. The van der Waals surface area contributed by atoms with Gasteiger partial charge in [-0.25, -0.2) is 4.39 Å². The molecule has 3 N–H and O–H groups in total. The summed E-state index contributed by atoms with van der Waals surface area (Å²) in [4.78, 5) is 4.24. The van der Waals surface area contributed by atoms with Crippen molar-refractivity contribution in [1.29, 1.82) is 0 Å². The molecule has 0 bridgehead atoms. The molecule has 0 saturated heterocycles. The Balaban J connectivity index is 2.21. The zero-order valence-electron chi connectivity index (χ0n) is 10.8. The van der Waals surface area contributed by atoms with E-state index in [-0.39, 0.29) is 0 Å². The minimum Gasteiger partial charge on any atom is -0.387 e. The first-order chi connectivity index (χ1) is 9.11. The summed E-state index contributed by atoms with van der Waals surface area (Å²) in [5.74, 6) is 0. The van der Waals surface area contributed by atoms with Crippen molar-refractivity contribution in [3.63, 3.8) is 0 Å². The fourth-order valence-corrected chi connectivity index (χ4v) is 1.84. The minimum atomic E-state index is -0.977. The Morgan fingerprint density at radius 1 is 1.16 bits per heavy atom. The van der Waals surface area contributed by atoms with Crippen LogP contribution in [0.25, 0.3) is 11.1 Å².